The minimum Gasteiger partial charge on any atom is -0.463 e. The Morgan fingerprint density at radius 2 is 2.00 bits per heavy atom. The molecule has 6 heteroatoms. The fourth-order valence-electron chi connectivity index (χ4n) is 2.59. The third-order valence-corrected chi connectivity index (χ3v) is 3.85. The van der Waals surface area contributed by atoms with E-state index in [-0.39, 0.29) is 11.7 Å². The Morgan fingerprint density at radius 1 is 1.25 bits per heavy atom. The van der Waals surface area contributed by atoms with E-state index in [0.717, 1.165) is 17.6 Å². The van der Waals surface area contributed by atoms with Gasteiger partial charge < -0.3 is 19.2 Å². The summed E-state index contributed by atoms with van der Waals surface area (Å²) in [5, 5.41) is 2.91. The second-order valence-electron chi connectivity index (χ2n) is 5.97. The lowest BCUT2D eigenvalue weighted by atomic mass is 10.2. The molecule has 3 rings (SSSR count). The molecule has 0 bridgehead atoms. The molecule has 5 nitrogen and oxygen atoms in total. The largest absolute Gasteiger partial charge is 0.463 e. The number of benzene rings is 1. The predicted octanol–water partition coefficient (Wildman–Crippen LogP) is 2.71. The van der Waals surface area contributed by atoms with Gasteiger partial charge in [-0.05, 0) is 31.8 Å². The molecule has 0 radical (unpaired) electrons. The molecule has 1 amide bonds. The zero-order valence-corrected chi connectivity index (χ0v) is 13.8. The van der Waals surface area contributed by atoms with Crippen LogP contribution in [0.15, 0.2) is 47.1 Å². The highest BCUT2D eigenvalue weighted by Gasteiger charge is 2.17. The highest BCUT2D eigenvalue weighted by Crippen LogP contribution is 2.22. The Labute approximate surface area is 139 Å². The second-order valence-corrected chi connectivity index (χ2v) is 5.97. The Hall–Kier alpha value is -2.60. The first-order chi connectivity index (χ1) is 11.5. The maximum absolute atomic E-state index is 13.1. The van der Waals surface area contributed by atoms with Crippen molar-refractivity contribution in [3.05, 3.63) is 59.7 Å². The Balaban J connectivity index is 1.86. The fraction of sp³-hybridized carbons (Fsp3) is 0.278. The smallest absolute Gasteiger partial charge is 0.268 e. The van der Waals surface area contributed by atoms with E-state index in [0.29, 0.717) is 24.4 Å². The third kappa shape index (κ3) is 3.49. The summed E-state index contributed by atoms with van der Waals surface area (Å²) in [5.74, 6) is -0.424. The number of hydrogen-bond acceptors (Lipinski definition) is 3. The van der Waals surface area contributed by atoms with Crippen LogP contribution in [0.3, 0.4) is 0 Å². The lowest BCUT2D eigenvalue weighted by Gasteiger charge is -2.12. The molecule has 1 aromatic carbocycles. The van der Waals surface area contributed by atoms with E-state index in [1.54, 1.807) is 24.5 Å². The van der Waals surface area contributed by atoms with Crippen molar-refractivity contribution in [3.63, 3.8) is 0 Å². The molecular weight excluding hydrogens is 309 g/mol. The number of aromatic nitrogens is 1. The van der Waals surface area contributed by atoms with Gasteiger partial charge in [-0.1, -0.05) is 12.1 Å². The van der Waals surface area contributed by atoms with Crippen molar-refractivity contribution < 1.29 is 13.6 Å². The number of furan rings is 1. The van der Waals surface area contributed by atoms with Crippen molar-refractivity contribution in [1.82, 2.24) is 14.8 Å². The normalized spacial score (nSPS) is 11.3. The minimum atomic E-state index is -0.277. The molecule has 0 unspecified atom stereocenters. The van der Waals surface area contributed by atoms with Crippen LogP contribution >= 0.6 is 0 Å². The van der Waals surface area contributed by atoms with E-state index in [1.165, 1.54) is 12.1 Å². The molecule has 2 aromatic heterocycles. The highest BCUT2D eigenvalue weighted by atomic mass is 19.1. The van der Waals surface area contributed by atoms with Gasteiger partial charge in [-0.3, -0.25) is 4.79 Å². The molecule has 126 valence electrons. The average molecular weight is 329 g/mol. The van der Waals surface area contributed by atoms with Gasteiger partial charge in [0.15, 0.2) is 5.58 Å². The summed E-state index contributed by atoms with van der Waals surface area (Å²) in [7, 11) is 3.91. The number of carbonyl (C=O) groups is 1. The van der Waals surface area contributed by atoms with Gasteiger partial charge in [0.2, 0.25) is 0 Å². The third-order valence-electron chi connectivity index (χ3n) is 3.85. The SMILES string of the molecule is CN(C)CCNC(=O)c1cc2occc2n1Cc1ccc(F)cc1. The quantitative estimate of drug-likeness (QED) is 0.756. The minimum absolute atomic E-state index is 0.148. The molecular formula is C18H20FN3O2. The number of likely N-dealkylation sites (N-methyl/N-ethyl adjacent to an activating group) is 1. The molecule has 24 heavy (non-hydrogen) atoms. The number of rotatable bonds is 6. The molecule has 3 aromatic rings. The average Bonchev–Trinajstić information content (AvgIpc) is 3.11. The van der Waals surface area contributed by atoms with E-state index in [9.17, 15) is 9.18 Å². The monoisotopic (exact) mass is 329 g/mol. The van der Waals surface area contributed by atoms with Gasteiger partial charge in [-0.25, -0.2) is 4.39 Å². The molecule has 0 fully saturated rings. The van der Waals surface area contributed by atoms with Crippen molar-refractivity contribution in [3.8, 4) is 0 Å². The van der Waals surface area contributed by atoms with E-state index in [2.05, 4.69) is 5.32 Å². The van der Waals surface area contributed by atoms with Gasteiger partial charge >= 0.3 is 0 Å². The van der Waals surface area contributed by atoms with Crippen LogP contribution in [0.1, 0.15) is 16.1 Å². The molecule has 0 spiro atoms. The molecule has 0 aliphatic heterocycles. The predicted molar refractivity (Wildman–Crippen MR) is 90.6 cm³/mol. The second kappa shape index (κ2) is 6.88. The summed E-state index contributed by atoms with van der Waals surface area (Å²) in [4.78, 5) is 14.5. The van der Waals surface area contributed by atoms with Crippen LogP contribution in [-0.2, 0) is 6.54 Å². The Morgan fingerprint density at radius 3 is 2.71 bits per heavy atom. The number of fused-ring (bicyclic) bond motifs is 1. The molecule has 0 saturated heterocycles. The van der Waals surface area contributed by atoms with Gasteiger partial charge in [-0.2, -0.15) is 0 Å². The van der Waals surface area contributed by atoms with Crippen LogP contribution in [0.4, 0.5) is 4.39 Å². The topological polar surface area (TPSA) is 50.4 Å². The Bertz CT molecular complexity index is 834. The standard InChI is InChI=1S/C18H20FN3O2/c1-21(2)9-8-20-18(23)16-11-17-15(7-10-24-17)22(16)12-13-3-5-14(19)6-4-13/h3-7,10-11H,8-9,12H2,1-2H3,(H,20,23). The first kappa shape index (κ1) is 16.3. The number of nitrogens with zero attached hydrogens (tertiary/aromatic N) is 2. The summed E-state index contributed by atoms with van der Waals surface area (Å²) in [6.45, 7) is 1.80. The lowest BCUT2D eigenvalue weighted by molar-refractivity contribution is 0.0942. The molecule has 0 saturated carbocycles. The molecule has 0 aliphatic carbocycles. The highest BCUT2D eigenvalue weighted by molar-refractivity contribution is 5.97. The zero-order chi connectivity index (χ0) is 17.1. The van der Waals surface area contributed by atoms with E-state index >= 15 is 0 Å². The number of nitrogens with one attached hydrogen (secondary N) is 1. The van der Waals surface area contributed by atoms with Crippen molar-refractivity contribution >= 4 is 17.0 Å². The van der Waals surface area contributed by atoms with Gasteiger partial charge in [0, 0.05) is 31.8 Å². The van der Waals surface area contributed by atoms with Crippen molar-refractivity contribution in [1.29, 1.82) is 0 Å². The maximum Gasteiger partial charge on any atom is 0.268 e. The first-order valence-corrected chi connectivity index (χ1v) is 7.78. The van der Waals surface area contributed by atoms with Crippen LogP contribution in [0.25, 0.3) is 11.1 Å². The number of halogens is 1. The van der Waals surface area contributed by atoms with Crippen LogP contribution in [0.2, 0.25) is 0 Å². The molecule has 0 atom stereocenters. The van der Waals surface area contributed by atoms with Gasteiger partial charge in [0.25, 0.3) is 5.91 Å². The number of amides is 1. The molecule has 0 aliphatic rings. The van der Waals surface area contributed by atoms with Crippen LogP contribution in [0, 0.1) is 5.82 Å². The van der Waals surface area contributed by atoms with E-state index in [1.807, 2.05) is 29.6 Å². The fourth-order valence-corrected chi connectivity index (χ4v) is 2.59. The van der Waals surface area contributed by atoms with Crippen molar-refractivity contribution in [2.75, 3.05) is 27.2 Å². The maximum atomic E-state index is 13.1. The zero-order valence-electron chi connectivity index (χ0n) is 13.8. The summed E-state index contributed by atoms with van der Waals surface area (Å²) in [6, 6.07) is 9.84. The summed E-state index contributed by atoms with van der Waals surface area (Å²) in [6.07, 6.45) is 1.60. The Kier molecular flexibility index (Phi) is 4.66. The van der Waals surface area contributed by atoms with E-state index < -0.39 is 0 Å². The van der Waals surface area contributed by atoms with Crippen molar-refractivity contribution in [2.45, 2.75) is 6.54 Å². The molecule has 2 heterocycles. The van der Waals surface area contributed by atoms with Crippen LogP contribution in [-0.4, -0.2) is 42.6 Å². The van der Waals surface area contributed by atoms with Crippen molar-refractivity contribution in [2.24, 2.45) is 0 Å². The summed E-state index contributed by atoms with van der Waals surface area (Å²) in [5.41, 5.74) is 2.96. The summed E-state index contributed by atoms with van der Waals surface area (Å²) < 4.78 is 20.4. The van der Waals surface area contributed by atoms with Gasteiger partial charge in [0.05, 0.1) is 11.8 Å². The van der Waals surface area contributed by atoms with E-state index in [4.69, 9.17) is 4.42 Å². The van der Waals surface area contributed by atoms with Crippen LogP contribution in [0.5, 0.6) is 0 Å². The van der Waals surface area contributed by atoms with Crippen LogP contribution < -0.4 is 5.32 Å². The molecule has 1 N–H and O–H groups in total. The summed E-state index contributed by atoms with van der Waals surface area (Å²) >= 11 is 0. The number of carbonyl (C=O) groups excluding carboxylic acids is 1. The lowest BCUT2D eigenvalue weighted by Crippen LogP contribution is -2.32. The first-order valence-electron chi connectivity index (χ1n) is 7.78. The number of hydrogen-bond donors (Lipinski definition) is 1. The van der Waals surface area contributed by atoms with Gasteiger partial charge in [-0.15, -0.1) is 0 Å². The van der Waals surface area contributed by atoms with Gasteiger partial charge in [0.1, 0.15) is 11.5 Å².